The summed E-state index contributed by atoms with van der Waals surface area (Å²) in [6.07, 6.45) is 3.87. The smallest absolute Gasteiger partial charge is 0.173 e. The van der Waals surface area contributed by atoms with Gasteiger partial charge in [-0.1, -0.05) is 11.6 Å². The van der Waals surface area contributed by atoms with E-state index in [9.17, 15) is 4.39 Å². The van der Waals surface area contributed by atoms with Gasteiger partial charge in [0.25, 0.3) is 0 Å². The molecular formula is C13H11ClFNO. The summed E-state index contributed by atoms with van der Waals surface area (Å²) in [6.45, 7) is 0.598. The van der Waals surface area contributed by atoms with Crippen LogP contribution in [0, 0.1) is 11.7 Å². The van der Waals surface area contributed by atoms with E-state index in [1.54, 1.807) is 18.2 Å². The highest BCUT2D eigenvalue weighted by atomic mass is 35.5. The number of aromatic nitrogens is 1. The van der Waals surface area contributed by atoms with Gasteiger partial charge in [0.05, 0.1) is 6.61 Å². The lowest BCUT2D eigenvalue weighted by Gasteiger charge is -2.08. The van der Waals surface area contributed by atoms with Gasteiger partial charge in [0.1, 0.15) is 5.15 Å². The van der Waals surface area contributed by atoms with Gasteiger partial charge >= 0.3 is 0 Å². The molecule has 0 bridgehead atoms. The van der Waals surface area contributed by atoms with Gasteiger partial charge in [-0.3, -0.25) is 0 Å². The Balaban J connectivity index is 1.99. The Bertz CT molecular complexity index is 569. The molecule has 0 amide bonds. The zero-order valence-electron chi connectivity index (χ0n) is 9.12. The number of benzene rings is 1. The van der Waals surface area contributed by atoms with Gasteiger partial charge < -0.3 is 4.74 Å². The summed E-state index contributed by atoms with van der Waals surface area (Å²) in [7, 11) is 0. The predicted octanol–water partition coefficient (Wildman–Crippen LogP) is 3.82. The lowest BCUT2D eigenvalue weighted by Crippen LogP contribution is -2.01. The van der Waals surface area contributed by atoms with Gasteiger partial charge in [-0.05, 0) is 37.0 Å². The highest BCUT2D eigenvalue weighted by Crippen LogP contribution is 2.32. The quantitative estimate of drug-likeness (QED) is 0.774. The number of pyridine rings is 1. The molecule has 2 nitrogen and oxygen atoms in total. The predicted molar refractivity (Wildman–Crippen MR) is 64.9 cm³/mol. The molecule has 4 heteroatoms. The second-order valence-electron chi connectivity index (χ2n) is 4.33. The van der Waals surface area contributed by atoms with Crippen LogP contribution in [0.3, 0.4) is 0 Å². The van der Waals surface area contributed by atoms with Gasteiger partial charge in [-0.15, -0.1) is 0 Å². The van der Waals surface area contributed by atoms with Crippen molar-refractivity contribution in [3.63, 3.8) is 0 Å². The van der Waals surface area contributed by atoms with E-state index in [1.165, 1.54) is 19.0 Å². The molecule has 0 aliphatic heterocycles. The Hall–Kier alpha value is -1.35. The van der Waals surface area contributed by atoms with Crippen LogP contribution in [-0.4, -0.2) is 11.6 Å². The molecule has 3 rings (SSSR count). The van der Waals surface area contributed by atoms with Crippen molar-refractivity contribution in [1.29, 1.82) is 0 Å². The minimum Gasteiger partial charge on any atom is -0.490 e. The Morgan fingerprint density at radius 2 is 2.12 bits per heavy atom. The Morgan fingerprint density at radius 3 is 2.88 bits per heavy atom. The fourth-order valence-electron chi connectivity index (χ4n) is 1.77. The number of nitrogens with zero attached hydrogens (tertiary/aromatic N) is 1. The second-order valence-corrected chi connectivity index (χ2v) is 4.69. The van der Waals surface area contributed by atoms with Crippen LogP contribution < -0.4 is 4.74 Å². The van der Waals surface area contributed by atoms with E-state index in [4.69, 9.17) is 16.3 Å². The Labute approximate surface area is 103 Å². The molecule has 0 spiro atoms. The van der Waals surface area contributed by atoms with Crippen LogP contribution in [0.15, 0.2) is 24.4 Å². The largest absolute Gasteiger partial charge is 0.490 e. The van der Waals surface area contributed by atoms with Gasteiger partial charge in [0.2, 0.25) is 0 Å². The highest BCUT2D eigenvalue weighted by Gasteiger charge is 2.22. The summed E-state index contributed by atoms with van der Waals surface area (Å²) >= 11 is 5.90. The van der Waals surface area contributed by atoms with Crippen molar-refractivity contribution < 1.29 is 9.13 Å². The molecule has 0 atom stereocenters. The number of fused-ring (bicyclic) bond motifs is 1. The molecule has 0 radical (unpaired) electrons. The topological polar surface area (TPSA) is 22.1 Å². The molecule has 1 saturated carbocycles. The lowest BCUT2D eigenvalue weighted by atomic mass is 10.1. The first-order valence-corrected chi connectivity index (χ1v) is 5.99. The summed E-state index contributed by atoms with van der Waals surface area (Å²) < 4.78 is 19.6. The van der Waals surface area contributed by atoms with Crippen LogP contribution >= 0.6 is 11.6 Å². The number of hydrogen-bond donors (Lipinski definition) is 0. The molecule has 0 N–H and O–H groups in total. The average molecular weight is 252 g/mol. The molecule has 1 fully saturated rings. The monoisotopic (exact) mass is 251 g/mol. The van der Waals surface area contributed by atoms with Gasteiger partial charge in [0.15, 0.2) is 11.6 Å². The van der Waals surface area contributed by atoms with Gasteiger partial charge in [-0.25, -0.2) is 9.37 Å². The molecule has 1 aliphatic carbocycles. The molecule has 2 aromatic rings. The van der Waals surface area contributed by atoms with E-state index in [2.05, 4.69) is 4.98 Å². The van der Waals surface area contributed by atoms with Crippen molar-refractivity contribution >= 4 is 22.4 Å². The minimum atomic E-state index is -0.354. The van der Waals surface area contributed by atoms with E-state index in [1.807, 2.05) is 0 Å². The summed E-state index contributed by atoms with van der Waals surface area (Å²) in [5, 5.41) is 1.39. The van der Waals surface area contributed by atoms with Crippen LogP contribution in [0.4, 0.5) is 4.39 Å². The zero-order chi connectivity index (χ0) is 11.8. The maximum Gasteiger partial charge on any atom is 0.173 e. The maximum absolute atomic E-state index is 14.1. The number of hydrogen-bond acceptors (Lipinski definition) is 2. The van der Waals surface area contributed by atoms with Crippen molar-refractivity contribution in [3.8, 4) is 5.75 Å². The zero-order valence-corrected chi connectivity index (χ0v) is 9.88. The number of rotatable bonds is 3. The highest BCUT2D eigenvalue weighted by molar-refractivity contribution is 6.34. The third-order valence-corrected chi connectivity index (χ3v) is 3.27. The van der Waals surface area contributed by atoms with Gasteiger partial charge in [-0.2, -0.15) is 0 Å². The molecule has 1 aromatic heterocycles. The Morgan fingerprint density at radius 1 is 1.29 bits per heavy atom. The number of ether oxygens (including phenoxy) is 1. The van der Waals surface area contributed by atoms with Crippen LogP contribution in [-0.2, 0) is 0 Å². The Kier molecular flexibility index (Phi) is 2.63. The molecule has 0 saturated heterocycles. The first-order valence-electron chi connectivity index (χ1n) is 5.61. The van der Waals surface area contributed by atoms with Crippen molar-refractivity contribution in [2.24, 2.45) is 5.92 Å². The van der Waals surface area contributed by atoms with Crippen molar-refractivity contribution in [2.45, 2.75) is 12.8 Å². The molecule has 1 heterocycles. The van der Waals surface area contributed by atoms with Crippen molar-refractivity contribution in [3.05, 3.63) is 35.4 Å². The molecule has 88 valence electrons. The second kappa shape index (κ2) is 4.15. The van der Waals surface area contributed by atoms with Crippen LogP contribution in [0.2, 0.25) is 5.15 Å². The van der Waals surface area contributed by atoms with Crippen molar-refractivity contribution in [2.75, 3.05) is 6.61 Å². The fourth-order valence-corrected chi connectivity index (χ4v) is 1.99. The molecule has 0 unspecified atom stereocenters. The normalized spacial score (nSPS) is 15.2. The first-order chi connectivity index (χ1) is 8.25. The first kappa shape index (κ1) is 10.8. The van der Waals surface area contributed by atoms with E-state index < -0.39 is 0 Å². The van der Waals surface area contributed by atoms with Crippen LogP contribution in [0.1, 0.15) is 12.8 Å². The summed E-state index contributed by atoms with van der Waals surface area (Å²) in [6, 6.07) is 4.98. The van der Waals surface area contributed by atoms with E-state index in [-0.39, 0.29) is 5.82 Å². The summed E-state index contributed by atoms with van der Waals surface area (Å²) in [5.41, 5.74) is 0. The number of halogens is 2. The van der Waals surface area contributed by atoms with Crippen LogP contribution in [0.25, 0.3) is 10.8 Å². The third-order valence-electron chi connectivity index (χ3n) is 2.97. The standard InChI is InChI=1S/C13H11ClFNO/c14-13-10-3-4-11(17-7-8-1-2-8)12(15)9(10)5-6-16-13/h3-6,8H,1-2,7H2. The molecule has 1 aromatic carbocycles. The van der Waals surface area contributed by atoms with Gasteiger partial charge in [0, 0.05) is 17.0 Å². The molecule has 1 aliphatic rings. The summed E-state index contributed by atoms with van der Waals surface area (Å²) in [5.74, 6) is 0.547. The fraction of sp³-hybridized carbons (Fsp3) is 0.308. The SMILES string of the molecule is Fc1c(OCC2CC2)ccc2c(Cl)nccc12. The summed E-state index contributed by atoms with van der Waals surface area (Å²) in [4.78, 5) is 3.92. The lowest BCUT2D eigenvalue weighted by molar-refractivity contribution is 0.286. The maximum atomic E-state index is 14.1. The molecule has 17 heavy (non-hydrogen) atoms. The average Bonchev–Trinajstić information content (AvgIpc) is 3.13. The minimum absolute atomic E-state index is 0.298. The van der Waals surface area contributed by atoms with E-state index >= 15 is 0 Å². The van der Waals surface area contributed by atoms with E-state index in [0.29, 0.717) is 34.2 Å². The molecular weight excluding hydrogens is 241 g/mol. The van der Waals surface area contributed by atoms with Crippen molar-refractivity contribution in [1.82, 2.24) is 4.98 Å². The van der Waals surface area contributed by atoms with Crippen LogP contribution in [0.5, 0.6) is 5.75 Å². The third kappa shape index (κ3) is 2.07. The van der Waals surface area contributed by atoms with E-state index in [0.717, 1.165) is 0 Å².